The number of carbonyl (C=O) groups excluding carboxylic acids is 1. The number of aryl methyl sites for hydroxylation is 2. The number of aromatic nitrogens is 2. The standard InChI is InChI=1S/C12H14N4O2S/c1-7-5-9(18-10(7)11(17)16-13)6-19-12-14-4-3-8(2)15-12/h3-5H,6,13H2,1-2H3,(H,16,17). The maximum Gasteiger partial charge on any atom is 0.301 e. The third kappa shape index (κ3) is 3.33. The van der Waals surface area contributed by atoms with Crippen molar-refractivity contribution in [2.24, 2.45) is 5.84 Å². The van der Waals surface area contributed by atoms with Gasteiger partial charge in [0.05, 0.1) is 5.75 Å². The number of hydrazine groups is 1. The molecule has 2 aromatic heterocycles. The zero-order chi connectivity index (χ0) is 13.8. The minimum absolute atomic E-state index is 0.239. The van der Waals surface area contributed by atoms with Gasteiger partial charge in [-0.25, -0.2) is 15.8 Å². The Bertz CT molecular complexity index is 597. The fraction of sp³-hybridized carbons (Fsp3) is 0.250. The van der Waals surface area contributed by atoms with Gasteiger partial charge in [-0.05, 0) is 26.0 Å². The number of hydrogen-bond donors (Lipinski definition) is 2. The molecule has 0 aliphatic rings. The molecular weight excluding hydrogens is 264 g/mol. The van der Waals surface area contributed by atoms with Gasteiger partial charge in [-0.2, -0.15) is 0 Å². The van der Waals surface area contributed by atoms with Crippen molar-refractivity contribution < 1.29 is 9.21 Å². The van der Waals surface area contributed by atoms with Gasteiger partial charge in [0.2, 0.25) is 0 Å². The van der Waals surface area contributed by atoms with Crippen molar-refractivity contribution in [3.05, 3.63) is 41.1 Å². The molecule has 7 heteroatoms. The number of nitrogens with one attached hydrogen (secondary N) is 1. The second kappa shape index (κ2) is 5.85. The van der Waals surface area contributed by atoms with E-state index in [4.69, 9.17) is 10.3 Å². The topological polar surface area (TPSA) is 94.0 Å². The average Bonchev–Trinajstić information content (AvgIpc) is 2.77. The Labute approximate surface area is 114 Å². The zero-order valence-corrected chi connectivity index (χ0v) is 11.5. The smallest absolute Gasteiger partial charge is 0.301 e. The lowest BCUT2D eigenvalue weighted by Crippen LogP contribution is -2.30. The average molecular weight is 278 g/mol. The fourth-order valence-corrected chi connectivity index (χ4v) is 2.30. The molecular formula is C12H14N4O2S. The molecule has 0 atom stereocenters. The Morgan fingerprint density at radius 2 is 2.32 bits per heavy atom. The normalized spacial score (nSPS) is 10.5. The van der Waals surface area contributed by atoms with Gasteiger partial charge in [-0.3, -0.25) is 10.2 Å². The maximum absolute atomic E-state index is 11.4. The van der Waals surface area contributed by atoms with Crippen molar-refractivity contribution in [2.75, 3.05) is 0 Å². The van der Waals surface area contributed by atoms with Crippen LogP contribution in [0.4, 0.5) is 0 Å². The summed E-state index contributed by atoms with van der Waals surface area (Å²) in [6, 6.07) is 3.65. The van der Waals surface area contributed by atoms with Crippen molar-refractivity contribution >= 4 is 17.7 Å². The summed E-state index contributed by atoms with van der Waals surface area (Å²) >= 11 is 1.45. The Kier molecular flexibility index (Phi) is 4.18. The lowest BCUT2D eigenvalue weighted by Gasteiger charge is -1.99. The van der Waals surface area contributed by atoms with E-state index >= 15 is 0 Å². The van der Waals surface area contributed by atoms with Crippen LogP contribution in [0.15, 0.2) is 27.9 Å². The number of furan rings is 1. The molecule has 100 valence electrons. The number of thioether (sulfide) groups is 1. The molecule has 0 saturated heterocycles. The Morgan fingerprint density at radius 1 is 1.53 bits per heavy atom. The van der Waals surface area contributed by atoms with Crippen LogP contribution < -0.4 is 11.3 Å². The van der Waals surface area contributed by atoms with Crippen molar-refractivity contribution in [3.8, 4) is 0 Å². The molecule has 1 amide bonds. The predicted octanol–water partition coefficient (Wildman–Crippen LogP) is 1.58. The van der Waals surface area contributed by atoms with Crippen molar-refractivity contribution in [1.29, 1.82) is 0 Å². The van der Waals surface area contributed by atoms with Gasteiger partial charge in [0.25, 0.3) is 0 Å². The first-order chi connectivity index (χ1) is 9.10. The first kappa shape index (κ1) is 13.6. The summed E-state index contributed by atoms with van der Waals surface area (Å²) in [5.41, 5.74) is 3.72. The number of nitrogens with two attached hydrogens (primary N) is 1. The lowest BCUT2D eigenvalue weighted by molar-refractivity contribution is 0.0923. The molecule has 3 N–H and O–H groups in total. The second-order valence-corrected chi connectivity index (χ2v) is 4.91. The molecule has 6 nitrogen and oxygen atoms in total. The highest BCUT2D eigenvalue weighted by molar-refractivity contribution is 7.98. The third-order valence-electron chi connectivity index (χ3n) is 2.42. The van der Waals surface area contributed by atoms with Crippen molar-refractivity contribution in [1.82, 2.24) is 15.4 Å². The molecule has 0 aliphatic carbocycles. The Morgan fingerprint density at radius 3 is 3.00 bits per heavy atom. The highest BCUT2D eigenvalue weighted by Gasteiger charge is 2.14. The fourth-order valence-electron chi connectivity index (χ4n) is 1.54. The summed E-state index contributed by atoms with van der Waals surface area (Å²) in [4.78, 5) is 19.8. The van der Waals surface area contributed by atoms with Crippen LogP contribution in [-0.4, -0.2) is 15.9 Å². The molecule has 19 heavy (non-hydrogen) atoms. The SMILES string of the molecule is Cc1ccnc(SCc2cc(C)c(C(=O)NN)o2)n1. The van der Waals surface area contributed by atoms with Crippen LogP contribution in [0.2, 0.25) is 0 Å². The number of nitrogen functional groups attached to an aromatic ring is 1. The minimum Gasteiger partial charge on any atom is -0.455 e. The number of amides is 1. The Balaban J connectivity index is 2.06. The molecule has 2 aromatic rings. The van der Waals surface area contributed by atoms with Crippen LogP contribution in [0.25, 0.3) is 0 Å². The summed E-state index contributed by atoms with van der Waals surface area (Å²) < 4.78 is 5.45. The molecule has 0 saturated carbocycles. The molecule has 0 fully saturated rings. The molecule has 0 aliphatic heterocycles. The van der Waals surface area contributed by atoms with Crippen LogP contribution in [0.1, 0.15) is 27.6 Å². The maximum atomic E-state index is 11.4. The van der Waals surface area contributed by atoms with Gasteiger partial charge in [-0.1, -0.05) is 11.8 Å². The second-order valence-electron chi connectivity index (χ2n) is 3.97. The van der Waals surface area contributed by atoms with Crippen LogP contribution in [0, 0.1) is 13.8 Å². The van der Waals surface area contributed by atoms with Crippen LogP contribution in [0.3, 0.4) is 0 Å². The molecule has 0 bridgehead atoms. The van der Waals surface area contributed by atoms with E-state index in [0.29, 0.717) is 16.7 Å². The minimum atomic E-state index is -0.430. The van der Waals surface area contributed by atoms with E-state index in [1.807, 2.05) is 19.1 Å². The van der Waals surface area contributed by atoms with Gasteiger partial charge in [0.15, 0.2) is 10.9 Å². The summed E-state index contributed by atoms with van der Waals surface area (Å²) in [6.45, 7) is 3.71. The largest absolute Gasteiger partial charge is 0.455 e. The molecule has 2 heterocycles. The summed E-state index contributed by atoms with van der Waals surface area (Å²) in [5, 5.41) is 0.680. The predicted molar refractivity (Wildman–Crippen MR) is 71.4 cm³/mol. The van der Waals surface area contributed by atoms with Gasteiger partial charge in [0.1, 0.15) is 5.76 Å². The first-order valence-corrected chi connectivity index (χ1v) is 6.61. The van der Waals surface area contributed by atoms with E-state index in [-0.39, 0.29) is 5.76 Å². The summed E-state index contributed by atoms with van der Waals surface area (Å²) in [7, 11) is 0. The zero-order valence-electron chi connectivity index (χ0n) is 10.6. The Hall–Kier alpha value is -1.86. The first-order valence-electron chi connectivity index (χ1n) is 5.63. The van der Waals surface area contributed by atoms with E-state index < -0.39 is 5.91 Å². The van der Waals surface area contributed by atoms with Crippen LogP contribution in [0.5, 0.6) is 0 Å². The van der Waals surface area contributed by atoms with E-state index in [0.717, 1.165) is 11.3 Å². The monoisotopic (exact) mass is 278 g/mol. The van der Waals surface area contributed by atoms with Gasteiger partial charge in [0, 0.05) is 17.5 Å². The summed E-state index contributed by atoms with van der Waals surface area (Å²) in [5.74, 6) is 6.13. The lowest BCUT2D eigenvalue weighted by atomic mass is 10.2. The van der Waals surface area contributed by atoms with E-state index in [9.17, 15) is 4.79 Å². The number of rotatable bonds is 4. The number of hydrogen-bond acceptors (Lipinski definition) is 6. The highest BCUT2D eigenvalue weighted by Crippen LogP contribution is 2.22. The van der Waals surface area contributed by atoms with Crippen LogP contribution in [-0.2, 0) is 5.75 Å². The number of nitrogens with zero attached hydrogens (tertiary/aromatic N) is 2. The molecule has 2 rings (SSSR count). The van der Waals surface area contributed by atoms with Gasteiger partial charge in [-0.15, -0.1) is 0 Å². The van der Waals surface area contributed by atoms with Crippen molar-refractivity contribution in [2.45, 2.75) is 24.8 Å². The molecule has 0 aromatic carbocycles. The van der Waals surface area contributed by atoms with Crippen LogP contribution >= 0.6 is 11.8 Å². The molecule has 0 unspecified atom stereocenters. The van der Waals surface area contributed by atoms with E-state index in [1.165, 1.54) is 11.8 Å². The third-order valence-corrected chi connectivity index (χ3v) is 3.31. The van der Waals surface area contributed by atoms with Crippen molar-refractivity contribution in [3.63, 3.8) is 0 Å². The van der Waals surface area contributed by atoms with E-state index in [1.54, 1.807) is 13.1 Å². The van der Waals surface area contributed by atoms with Gasteiger partial charge >= 0.3 is 5.91 Å². The quantitative estimate of drug-likeness (QED) is 0.290. The van der Waals surface area contributed by atoms with Gasteiger partial charge < -0.3 is 4.42 Å². The summed E-state index contributed by atoms with van der Waals surface area (Å²) in [6.07, 6.45) is 1.71. The molecule has 0 radical (unpaired) electrons. The molecule has 0 spiro atoms. The number of carbonyl (C=O) groups is 1. The van der Waals surface area contributed by atoms with E-state index in [2.05, 4.69) is 15.4 Å². The highest BCUT2D eigenvalue weighted by atomic mass is 32.2.